The van der Waals surface area contributed by atoms with Gasteiger partial charge in [-0.1, -0.05) is 0 Å². The van der Waals surface area contributed by atoms with Crippen LogP contribution in [-0.2, 0) is 30.1 Å². The number of nitrogens with one attached hydrogen (secondary N) is 1. The fourth-order valence-electron chi connectivity index (χ4n) is 2.81. The maximum Gasteiger partial charge on any atom is 0.330 e. The van der Waals surface area contributed by atoms with Crippen molar-refractivity contribution in [2.45, 2.75) is 50.2 Å². The van der Waals surface area contributed by atoms with Crippen LogP contribution in [0.25, 0.3) is 0 Å². The Hall–Kier alpha value is -1.11. The molecule has 0 bridgehead atoms. The van der Waals surface area contributed by atoms with Gasteiger partial charge in [0.1, 0.15) is 0 Å². The summed E-state index contributed by atoms with van der Waals surface area (Å²) in [7, 11) is 0. The van der Waals surface area contributed by atoms with E-state index < -0.39 is 61.0 Å². The molecule has 1 aromatic rings. The molecular formula is C13H15F4N2O6PS. The zero-order valence-corrected chi connectivity index (χ0v) is 15.6. The predicted molar refractivity (Wildman–Crippen MR) is 86.5 cm³/mol. The summed E-state index contributed by atoms with van der Waals surface area (Å²) in [6.45, 7) is -1.67. The minimum absolute atomic E-state index is 0.306. The van der Waals surface area contributed by atoms with Crippen LogP contribution >= 0.6 is 6.72 Å². The molecule has 152 valence electrons. The van der Waals surface area contributed by atoms with Crippen LogP contribution < -0.4 is 11.2 Å². The summed E-state index contributed by atoms with van der Waals surface area (Å²) in [5.41, 5.74) is -4.97. The Kier molecular flexibility index (Phi) is 5.15. The van der Waals surface area contributed by atoms with Gasteiger partial charge in [-0.2, -0.15) is 8.78 Å². The van der Waals surface area contributed by atoms with Crippen molar-refractivity contribution < 1.29 is 35.9 Å². The van der Waals surface area contributed by atoms with Gasteiger partial charge in [0.2, 0.25) is 6.23 Å². The number of nitrogens with zero attached hydrogens (tertiary/aromatic N) is 1. The van der Waals surface area contributed by atoms with Crippen molar-refractivity contribution in [3.05, 3.63) is 33.1 Å². The summed E-state index contributed by atoms with van der Waals surface area (Å²) in [5, 5.41) is 0. The molecular weight excluding hydrogens is 419 g/mol. The number of alkyl halides is 4. The number of hydrogen-bond acceptors (Lipinski definition) is 7. The van der Waals surface area contributed by atoms with E-state index in [2.05, 4.69) is 0 Å². The average molecular weight is 434 g/mol. The summed E-state index contributed by atoms with van der Waals surface area (Å²) in [5.74, 6) is -4.10. The predicted octanol–water partition coefficient (Wildman–Crippen LogP) is 1.77. The average Bonchev–Trinajstić information content (AvgIpc) is 2.75. The SMILES string of the molecule is CC(C)OP1(=S)OC[C@]2(C(F)F)O[C@H](n3ccc(=O)[nH]c3=O)C(F)(F)[C@H]2O1. The van der Waals surface area contributed by atoms with Crippen molar-refractivity contribution in [2.75, 3.05) is 6.61 Å². The van der Waals surface area contributed by atoms with E-state index in [0.29, 0.717) is 4.57 Å². The van der Waals surface area contributed by atoms with Gasteiger partial charge in [-0.25, -0.2) is 13.6 Å². The molecule has 2 saturated heterocycles. The fourth-order valence-corrected chi connectivity index (χ4v) is 5.37. The van der Waals surface area contributed by atoms with E-state index in [1.54, 1.807) is 18.8 Å². The van der Waals surface area contributed by atoms with E-state index >= 15 is 8.78 Å². The minimum atomic E-state index is -4.10. The molecule has 8 nitrogen and oxygen atoms in total. The van der Waals surface area contributed by atoms with Gasteiger partial charge in [0, 0.05) is 12.3 Å². The van der Waals surface area contributed by atoms with Crippen LogP contribution in [0.5, 0.6) is 0 Å². The highest BCUT2D eigenvalue weighted by Crippen LogP contribution is 2.64. The lowest BCUT2D eigenvalue weighted by molar-refractivity contribution is -0.205. The summed E-state index contributed by atoms with van der Waals surface area (Å²) in [4.78, 5) is 24.8. The first-order valence-corrected chi connectivity index (χ1v) is 10.2. The maximum atomic E-state index is 15.0. The number of H-pyrrole nitrogens is 1. The topological polar surface area (TPSA) is 91.8 Å². The monoisotopic (exact) mass is 434 g/mol. The van der Waals surface area contributed by atoms with Crippen molar-refractivity contribution in [1.29, 1.82) is 0 Å². The lowest BCUT2D eigenvalue weighted by Crippen LogP contribution is -2.57. The molecule has 3 heterocycles. The molecule has 0 aromatic carbocycles. The van der Waals surface area contributed by atoms with Crippen molar-refractivity contribution >= 4 is 18.5 Å². The summed E-state index contributed by atoms with van der Waals surface area (Å²) in [6, 6.07) is 0.779. The van der Waals surface area contributed by atoms with Gasteiger partial charge >= 0.3 is 18.3 Å². The Morgan fingerprint density at radius 2 is 2.07 bits per heavy atom. The molecule has 4 atom stereocenters. The number of aromatic nitrogens is 2. The van der Waals surface area contributed by atoms with Crippen LogP contribution in [0.4, 0.5) is 17.6 Å². The third-order valence-electron chi connectivity index (χ3n) is 3.95. The number of halogens is 4. The molecule has 2 fully saturated rings. The van der Waals surface area contributed by atoms with Gasteiger partial charge in [0.05, 0.1) is 12.7 Å². The Balaban J connectivity index is 2.06. The van der Waals surface area contributed by atoms with Crippen LogP contribution in [0, 0.1) is 0 Å². The number of aromatic amines is 1. The van der Waals surface area contributed by atoms with E-state index in [0.717, 1.165) is 12.3 Å². The smallest absolute Gasteiger partial charge is 0.330 e. The fraction of sp³-hybridized carbons (Fsp3) is 0.692. The van der Waals surface area contributed by atoms with Crippen molar-refractivity contribution in [2.24, 2.45) is 0 Å². The Bertz CT molecular complexity index is 892. The van der Waals surface area contributed by atoms with Crippen LogP contribution in [0.3, 0.4) is 0 Å². The number of ether oxygens (including phenoxy) is 1. The summed E-state index contributed by atoms with van der Waals surface area (Å²) >= 11 is 4.99. The molecule has 2 aliphatic rings. The third kappa shape index (κ3) is 3.40. The molecule has 0 amide bonds. The first-order chi connectivity index (χ1) is 12.4. The molecule has 3 rings (SSSR count). The molecule has 2 aliphatic heterocycles. The maximum absolute atomic E-state index is 15.0. The summed E-state index contributed by atoms with van der Waals surface area (Å²) < 4.78 is 78.1. The highest BCUT2D eigenvalue weighted by molar-refractivity contribution is 8.07. The molecule has 0 aliphatic carbocycles. The molecule has 14 heteroatoms. The Morgan fingerprint density at radius 3 is 2.63 bits per heavy atom. The van der Waals surface area contributed by atoms with Crippen molar-refractivity contribution in [1.82, 2.24) is 9.55 Å². The first kappa shape index (κ1) is 20.6. The van der Waals surface area contributed by atoms with Gasteiger partial charge < -0.3 is 13.8 Å². The van der Waals surface area contributed by atoms with Crippen LogP contribution in [-0.4, -0.2) is 46.3 Å². The first-order valence-electron chi connectivity index (χ1n) is 7.68. The molecule has 1 N–H and O–H groups in total. The Labute approximate surface area is 154 Å². The van der Waals surface area contributed by atoms with E-state index in [1.807, 2.05) is 0 Å². The molecule has 0 spiro atoms. The number of fused-ring (bicyclic) bond motifs is 1. The van der Waals surface area contributed by atoms with Crippen LogP contribution in [0.15, 0.2) is 21.9 Å². The van der Waals surface area contributed by atoms with Crippen LogP contribution in [0.1, 0.15) is 20.1 Å². The number of hydrogen-bond donors (Lipinski definition) is 1. The van der Waals surface area contributed by atoms with Gasteiger partial charge in [-0.05, 0) is 25.7 Å². The summed E-state index contributed by atoms with van der Waals surface area (Å²) in [6.07, 6.45) is -8.28. The molecule has 1 unspecified atom stereocenters. The highest BCUT2D eigenvalue weighted by atomic mass is 32.5. The largest absolute Gasteiger partial charge is 0.333 e. The van der Waals surface area contributed by atoms with Gasteiger partial charge in [-0.3, -0.25) is 18.9 Å². The molecule has 0 radical (unpaired) electrons. The quantitative estimate of drug-likeness (QED) is 0.571. The standard InChI is InChI=1S/C13H15F4N2O6PS/c1-6(2)24-26(27)22-5-12(9(14)15)8(25-26)13(16,17)10(23-12)19-4-3-7(20)18-11(19)21/h3-4,6,8-10H,5H2,1-2H3,(H,18,20,21)/t8-,10-,12-,26?/m0/s1. The highest BCUT2D eigenvalue weighted by Gasteiger charge is 2.74. The second-order valence-electron chi connectivity index (χ2n) is 6.28. The third-order valence-corrected chi connectivity index (χ3v) is 6.38. The van der Waals surface area contributed by atoms with Gasteiger partial charge in [0.25, 0.3) is 12.0 Å². The lowest BCUT2D eigenvalue weighted by Gasteiger charge is -2.41. The molecule has 27 heavy (non-hydrogen) atoms. The van der Waals surface area contributed by atoms with E-state index in [9.17, 15) is 18.4 Å². The van der Waals surface area contributed by atoms with E-state index in [-0.39, 0.29) is 0 Å². The molecule has 1 aromatic heterocycles. The van der Waals surface area contributed by atoms with Crippen molar-refractivity contribution in [3.8, 4) is 0 Å². The second kappa shape index (κ2) is 6.75. The van der Waals surface area contributed by atoms with Gasteiger partial charge in [-0.15, -0.1) is 0 Å². The van der Waals surface area contributed by atoms with Crippen molar-refractivity contribution in [3.63, 3.8) is 0 Å². The molecule has 0 saturated carbocycles. The van der Waals surface area contributed by atoms with Crippen LogP contribution in [0.2, 0.25) is 0 Å². The minimum Gasteiger partial charge on any atom is -0.333 e. The lowest BCUT2D eigenvalue weighted by atomic mass is 9.96. The zero-order valence-electron chi connectivity index (χ0n) is 13.9. The van der Waals surface area contributed by atoms with E-state index in [4.69, 9.17) is 30.1 Å². The second-order valence-corrected chi connectivity index (χ2v) is 9.19. The Morgan fingerprint density at radius 1 is 1.41 bits per heavy atom. The normalized spacial score (nSPS) is 35.6. The zero-order chi connectivity index (χ0) is 20.2. The van der Waals surface area contributed by atoms with Gasteiger partial charge in [0.15, 0.2) is 11.7 Å². The number of rotatable bonds is 4. The van der Waals surface area contributed by atoms with E-state index in [1.165, 1.54) is 0 Å².